The molecule has 0 heterocycles. The molecule has 8 heteroatoms. The fourth-order valence-electron chi connectivity index (χ4n) is 2.30. The Morgan fingerprint density at radius 1 is 1.11 bits per heavy atom. The predicted molar refractivity (Wildman–Crippen MR) is 113 cm³/mol. The number of aromatic hydroxyl groups is 1. The Kier molecular flexibility index (Phi) is 9.84. The number of phenolic OH excluding ortho intramolecular Hbond substituents is 1. The lowest BCUT2D eigenvalue weighted by Gasteiger charge is -2.12. The summed E-state index contributed by atoms with van der Waals surface area (Å²) >= 11 is 0. The Morgan fingerprint density at radius 2 is 1.89 bits per heavy atom. The SMILES string of the molecule is CCNC(=NCc1ccc(O)c(OCC)c1)NCc1cc(F)ccc1F.I. The molecule has 0 unspecified atom stereocenters. The average molecular weight is 491 g/mol. The summed E-state index contributed by atoms with van der Waals surface area (Å²) in [4.78, 5) is 4.42. The largest absolute Gasteiger partial charge is 0.504 e. The first-order chi connectivity index (χ1) is 12.5. The number of hydrogen-bond donors (Lipinski definition) is 3. The Bertz CT molecular complexity index is 773. The molecule has 0 atom stereocenters. The number of guanidine groups is 1. The maximum absolute atomic E-state index is 13.7. The summed E-state index contributed by atoms with van der Waals surface area (Å²) in [7, 11) is 0. The van der Waals surface area contributed by atoms with Gasteiger partial charge in [-0.2, -0.15) is 0 Å². The number of halogens is 3. The van der Waals surface area contributed by atoms with Crippen LogP contribution < -0.4 is 15.4 Å². The Balaban J connectivity index is 0.00000364. The van der Waals surface area contributed by atoms with Crippen molar-refractivity contribution in [1.82, 2.24) is 10.6 Å². The predicted octanol–water partition coefficient (Wildman–Crippen LogP) is 3.94. The van der Waals surface area contributed by atoms with Crippen molar-refractivity contribution in [3.05, 3.63) is 59.2 Å². The highest BCUT2D eigenvalue weighted by atomic mass is 127. The van der Waals surface area contributed by atoms with E-state index in [4.69, 9.17) is 4.74 Å². The normalized spacial score (nSPS) is 10.9. The molecule has 0 saturated carbocycles. The summed E-state index contributed by atoms with van der Waals surface area (Å²) < 4.78 is 32.3. The molecule has 3 N–H and O–H groups in total. The van der Waals surface area contributed by atoms with Crippen molar-refractivity contribution in [3.63, 3.8) is 0 Å². The van der Waals surface area contributed by atoms with Gasteiger partial charge in [-0.15, -0.1) is 24.0 Å². The summed E-state index contributed by atoms with van der Waals surface area (Å²) in [5.74, 6) is -0.0132. The highest BCUT2D eigenvalue weighted by Crippen LogP contribution is 2.27. The lowest BCUT2D eigenvalue weighted by atomic mass is 10.2. The zero-order valence-corrected chi connectivity index (χ0v) is 17.6. The molecule has 0 aliphatic rings. The van der Waals surface area contributed by atoms with Gasteiger partial charge in [0.25, 0.3) is 0 Å². The third kappa shape index (κ3) is 7.20. The lowest BCUT2D eigenvalue weighted by Crippen LogP contribution is -2.37. The van der Waals surface area contributed by atoms with Gasteiger partial charge >= 0.3 is 0 Å². The van der Waals surface area contributed by atoms with Gasteiger partial charge in [0.2, 0.25) is 0 Å². The highest BCUT2D eigenvalue weighted by molar-refractivity contribution is 14.0. The summed E-state index contributed by atoms with van der Waals surface area (Å²) in [6.45, 7) is 5.26. The molecule has 0 radical (unpaired) electrons. The van der Waals surface area contributed by atoms with E-state index in [2.05, 4.69) is 15.6 Å². The monoisotopic (exact) mass is 491 g/mol. The Labute approximate surface area is 174 Å². The van der Waals surface area contributed by atoms with Crippen LogP contribution in [0.1, 0.15) is 25.0 Å². The van der Waals surface area contributed by atoms with E-state index in [1.807, 2.05) is 13.8 Å². The first-order valence-corrected chi connectivity index (χ1v) is 8.44. The zero-order chi connectivity index (χ0) is 18.9. The van der Waals surface area contributed by atoms with E-state index in [-0.39, 0.29) is 41.8 Å². The van der Waals surface area contributed by atoms with Crippen LogP contribution in [0.2, 0.25) is 0 Å². The Hall–Kier alpha value is -2.10. The smallest absolute Gasteiger partial charge is 0.191 e. The topological polar surface area (TPSA) is 65.9 Å². The van der Waals surface area contributed by atoms with Gasteiger partial charge < -0.3 is 20.5 Å². The van der Waals surface area contributed by atoms with Crippen LogP contribution in [0.5, 0.6) is 11.5 Å². The van der Waals surface area contributed by atoms with Crippen LogP contribution in [0.15, 0.2) is 41.4 Å². The minimum absolute atomic E-state index is 0. The molecular formula is C19H24F2IN3O2. The highest BCUT2D eigenvalue weighted by Gasteiger charge is 2.06. The van der Waals surface area contributed by atoms with Gasteiger partial charge in [0.1, 0.15) is 11.6 Å². The number of aliphatic imine (C=N–C) groups is 1. The van der Waals surface area contributed by atoms with Gasteiger partial charge in [0, 0.05) is 18.7 Å². The van der Waals surface area contributed by atoms with Crippen molar-refractivity contribution >= 4 is 29.9 Å². The van der Waals surface area contributed by atoms with Crippen molar-refractivity contribution in [2.75, 3.05) is 13.2 Å². The van der Waals surface area contributed by atoms with Crippen molar-refractivity contribution < 1.29 is 18.6 Å². The number of hydrogen-bond acceptors (Lipinski definition) is 3. The molecule has 0 bridgehead atoms. The van der Waals surface area contributed by atoms with Gasteiger partial charge in [-0.3, -0.25) is 0 Å². The average Bonchev–Trinajstić information content (AvgIpc) is 2.62. The van der Waals surface area contributed by atoms with Crippen molar-refractivity contribution in [2.45, 2.75) is 26.9 Å². The van der Waals surface area contributed by atoms with E-state index in [0.717, 1.165) is 23.8 Å². The molecule has 2 rings (SSSR count). The number of ether oxygens (including phenoxy) is 1. The van der Waals surface area contributed by atoms with Gasteiger partial charge in [0.15, 0.2) is 17.5 Å². The molecule has 0 saturated heterocycles. The number of nitrogens with one attached hydrogen (secondary N) is 2. The fourth-order valence-corrected chi connectivity index (χ4v) is 2.30. The molecule has 2 aromatic rings. The van der Waals surface area contributed by atoms with Crippen LogP contribution >= 0.6 is 24.0 Å². The van der Waals surface area contributed by atoms with Crippen LogP contribution in [0, 0.1) is 11.6 Å². The van der Waals surface area contributed by atoms with E-state index in [1.165, 1.54) is 0 Å². The first kappa shape index (κ1) is 22.9. The standard InChI is InChI=1S/C19H23F2N3O2.HI/c1-3-22-19(24-12-14-10-15(20)6-7-16(14)21)23-11-13-5-8-17(25)18(9-13)26-4-2;/h5-10,25H,3-4,11-12H2,1-2H3,(H2,22,23,24);1H. The van der Waals surface area contributed by atoms with Crippen LogP contribution in [0.25, 0.3) is 0 Å². The van der Waals surface area contributed by atoms with Crippen molar-refractivity contribution in [2.24, 2.45) is 4.99 Å². The number of benzene rings is 2. The quantitative estimate of drug-likeness (QED) is 0.312. The van der Waals surface area contributed by atoms with E-state index >= 15 is 0 Å². The minimum atomic E-state index is -0.488. The zero-order valence-electron chi connectivity index (χ0n) is 15.3. The fraction of sp³-hybridized carbons (Fsp3) is 0.316. The molecule has 0 spiro atoms. The number of rotatable bonds is 7. The van der Waals surface area contributed by atoms with Crippen LogP contribution in [-0.2, 0) is 13.1 Å². The summed E-state index contributed by atoms with van der Waals surface area (Å²) in [5.41, 5.74) is 1.07. The third-order valence-electron chi connectivity index (χ3n) is 3.54. The Morgan fingerprint density at radius 3 is 2.59 bits per heavy atom. The van der Waals surface area contributed by atoms with Crippen LogP contribution in [0.4, 0.5) is 8.78 Å². The molecule has 0 fully saturated rings. The lowest BCUT2D eigenvalue weighted by molar-refractivity contribution is 0.318. The molecule has 0 aliphatic heterocycles. The van der Waals surface area contributed by atoms with Crippen LogP contribution in [-0.4, -0.2) is 24.2 Å². The van der Waals surface area contributed by atoms with E-state index in [1.54, 1.807) is 18.2 Å². The van der Waals surface area contributed by atoms with Crippen LogP contribution in [0.3, 0.4) is 0 Å². The minimum Gasteiger partial charge on any atom is -0.504 e. The maximum Gasteiger partial charge on any atom is 0.191 e. The molecule has 0 aliphatic carbocycles. The number of phenols is 1. The van der Waals surface area contributed by atoms with Gasteiger partial charge in [0.05, 0.1) is 13.2 Å². The summed E-state index contributed by atoms with van der Waals surface area (Å²) in [6, 6.07) is 8.36. The molecule has 0 aromatic heterocycles. The second-order valence-corrected chi connectivity index (χ2v) is 5.52. The van der Waals surface area contributed by atoms with E-state index in [0.29, 0.717) is 31.4 Å². The van der Waals surface area contributed by atoms with E-state index < -0.39 is 11.6 Å². The first-order valence-electron chi connectivity index (χ1n) is 8.44. The molecular weight excluding hydrogens is 467 g/mol. The van der Waals surface area contributed by atoms with Gasteiger partial charge in [-0.1, -0.05) is 6.07 Å². The molecule has 5 nitrogen and oxygen atoms in total. The van der Waals surface area contributed by atoms with Gasteiger partial charge in [-0.05, 0) is 49.7 Å². The second kappa shape index (κ2) is 11.6. The summed E-state index contributed by atoms with van der Waals surface area (Å²) in [5, 5.41) is 15.8. The number of nitrogens with zero attached hydrogens (tertiary/aromatic N) is 1. The molecule has 148 valence electrons. The maximum atomic E-state index is 13.7. The van der Waals surface area contributed by atoms with E-state index in [9.17, 15) is 13.9 Å². The molecule has 0 amide bonds. The van der Waals surface area contributed by atoms with Crippen molar-refractivity contribution in [1.29, 1.82) is 0 Å². The molecule has 2 aromatic carbocycles. The van der Waals surface area contributed by atoms with Gasteiger partial charge in [-0.25, -0.2) is 13.8 Å². The second-order valence-electron chi connectivity index (χ2n) is 5.52. The summed E-state index contributed by atoms with van der Waals surface area (Å²) in [6.07, 6.45) is 0. The third-order valence-corrected chi connectivity index (χ3v) is 3.54. The van der Waals surface area contributed by atoms with Crippen molar-refractivity contribution in [3.8, 4) is 11.5 Å². The molecule has 27 heavy (non-hydrogen) atoms.